The van der Waals surface area contributed by atoms with Crippen molar-refractivity contribution in [3.63, 3.8) is 0 Å². The Hall–Kier alpha value is -2.54. The highest BCUT2D eigenvalue weighted by Crippen LogP contribution is 2.31. The van der Waals surface area contributed by atoms with Gasteiger partial charge >= 0.3 is 0 Å². The SMILES string of the molecule is Cc1ccc(S(=O)(=O)Nc2ccc3c(c2)NC(=O)CO3)cc1. The summed E-state index contributed by atoms with van der Waals surface area (Å²) in [5.41, 5.74) is 1.78. The van der Waals surface area contributed by atoms with Crippen LogP contribution >= 0.6 is 0 Å². The first-order chi connectivity index (χ1) is 10.4. The third-order valence-corrected chi connectivity index (χ3v) is 4.59. The summed E-state index contributed by atoms with van der Waals surface area (Å²) in [6.45, 7) is 1.84. The number of benzene rings is 2. The Balaban J connectivity index is 1.88. The molecule has 0 aromatic heterocycles. The van der Waals surface area contributed by atoms with E-state index in [2.05, 4.69) is 10.0 Å². The predicted octanol–water partition coefficient (Wildman–Crippen LogP) is 2.13. The van der Waals surface area contributed by atoms with Crippen LogP contribution < -0.4 is 14.8 Å². The largest absolute Gasteiger partial charge is 0.482 e. The summed E-state index contributed by atoms with van der Waals surface area (Å²) >= 11 is 0. The Bertz CT molecular complexity index is 829. The first-order valence-electron chi connectivity index (χ1n) is 6.60. The summed E-state index contributed by atoms with van der Waals surface area (Å²) in [7, 11) is -3.67. The molecule has 1 heterocycles. The number of carbonyl (C=O) groups excluding carboxylic acids is 1. The topological polar surface area (TPSA) is 84.5 Å². The number of nitrogens with one attached hydrogen (secondary N) is 2. The number of anilines is 2. The molecule has 114 valence electrons. The van der Waals surface area contributed by atoms with Gasteiger partial charge < -0.3 is 10.1 Å². The molecule has 0 fully saturated rings. The number of hydrogen-bond donors (Lipinski definition) is 2. The molecular weight excluding hydrogens is 304 g/mol. The van der Waals surface area contributed by atoms with Crippen molar-refractivity contribution in [2.45, 2.75) is 11.8 Å². The zero-order valence-electron chi connectivity index (χ0n) is 11.8. The summed E-state index contributed by atoms with van der Waals surface area (Å²) in [6, 6.07) is 11.3. The summed E-state index contributed by atoms with van der Waals surface area (Å²) in [5, 5.41) is 2.63. The van der Waals surface area contributed by atoms with E-state index in [-0.39, 0.29) is 17.4 Å². The highest BCUT2D eigenvalue weighted by molar-refractivity contribution is 7.92. The Kier molecular flexibility index (Phi) is 3.50. The molecule has 0 saturated carbocycles. The van der Waals surface area contributed by atoms with Crippen LogP contribution in [0.15, 0.2) is 47.4 Å². The number of ether oxygens (including phenoxy) is 1. The molecule has 6 nitrogen and oxygen atoms in total. The van der Waals surface area contributed by atoms with Crippen molar-refractivity contribution in [1.82, 2.24) is 0 Å². The maximum atomic E-state index is 12.3. The zero-order valence-corrected chi connectivity index (χ0v) is 12.6. The first-order valence-corrected chi connectivity index (χ1v) is 8.08. The second-order valence-electron chi connectivity index (χ2n) is 4.97. The fraction of sp³-hybridized carbons (Fsp3) is 0.133. The molecule has 7 heteroatoms. The molecule has 0 spiro atoms. The summed E-state index contributed by atoms with van der Waals surface area (Å²) < 4.78 is 32.3. The minimum atomic E-state index is -3.67. The van der Waals surface area contributed by atoms with Crippen molar-refractivity contribution in [3.05, 3.63) is 48.0 Å². The van der Waals surface area contributed by atoms with Crippen LogP contribution in [0.4, 0.5) is 11.4 Å². The molecule has 0 bridgehead atoms. The van der Waals surface area contributed by atoms with Crippen molar-refractivity contribution in [2.75, 3.05) is 16.6 Å². The Morgan fingerprint density at radius 3 is 2.59 bits per heavy atom. The number of sulfonamides is 1. The summed E-state index contributed by atoms with van der Waals surface area (Å²) in [5.74, 6) is 0.240. The van der Waals surface area contributed by atoms with E-state index >= 15 is 0 Å². The predicted molar refractivity (Wildman–Crippen MR) is 82.6 cm³/mol. The van der Waals surface area contributed by atoms with Crippen LogP contribution in [0.5, 0.6) is 5.75 Å². The lowest BCUT2D eigenvalue weighted by molar-refractivity contribution is -0.118. The minimum Gasteiger partial charge on any atom is -0.482 e. The zero-order chi connectivity index (χ0) is 15.7. The molecule has 0 saturated heterocycles. The van der Waals surface area contributed by atoms with Gasteiger partial charge in [0.2, 0.25) is 0 Å². The molecule has 1 aliphatic heterocycles. The van der Waals surface area contributed by atoms with Gasteiger partial charge in [-0.2, -0.15) is 0 Å². The van der Waals surface area contributed by atoms with Crippen molar-refractivity contribution in [3.8, 4) is 5.75 Å². The lowest BCUT2D eigenvalue weighted by Gasteiger charge is -2.18. The number of hydrogen-bond acceptors (Lipinski definition) is 4. The van der Waals surface area contributed by atoms with Gasteiger partial charge in [0.25, 0.3) is 15.9 Å². The molecule has 0 atom stereocenters. The van der Waals surface area contributed by atoms with Crippen LogP contribution in [0.3, 0.4) is 0 Å². The van der Waals surface area contributed by atoms with E-state index in [1.807, 2.05) is 6.92 Å². The lowest BCUT2D eigenvalue weighted by atomic mass is 10.2. The van der Waals surface area contributed by atoms with Gasteiger partial charge in [0.1, 0.15) is 5.75 Å². The van der Waals surface area contributed by atoms with Crippen LogP contribution in [-0.4, -0.2) is 20.9 Å². The van der Waals surface area contributed by atoms with Crippen LogP contribution in [-0.2, 0) is 14.8 Å². The van der Waals surface area contributed by atoms with Gasteiger partial charge in [0.05, 0.1) is 16.3 Å². The Morgan fingerprint density at radius 1 is 1.14 bits per heavy atom. The van der Waals surface area contributed by atoms with Gasteiger partial charge in [-0.05, 0) is 37.3 Å². The average molecular weight is 318 g/mol. The maximum absolute atomic E-state index is 12.3. The molecular formula is C15H14N2O4S. The number of aryl methyl sites for hydroxylation is 1. The van der Waals surface area contributed by atoms with Crippen molar-refractivity contribution in [1.29, 1.82) is 0 Å². The lowest BCUT2D eigenvalue weighted by Crippen LogP contribution is -2.25. The molecule has 2 aromatic rings. The van der Waals surface area contributed by atoms with E-state index in [1.54, 1.807) is 36.4 Å². The molecule has 2 N–H and O–H groups in total. The van der Waals surface area contributed by atoms with Gasteiger partial charge in [-0.15, -0.1) is 0 Å². The number of amides is 1. The number of rotatable bonds is 3. The van der Waals surface area contributed by atoms with Gasteiger partial charge in [-0.25, -0.2) is 8.42 Å². The van der Waals surface area contributed by atoms with Crippen LogP contribution in [0.25, 0.3) is 0 Å². The van der Waals surface area contributed by atoms with Gasteiger partial charge in [0, 0.05) is 0 Å². The fourth-order valence-electron chi connectivity index (χ4n) is 2.08. The molecule has 1 aliphatic rings. The molecule has 0 unspecified atom stereocenters. The maximum Gasteiger partial charge on any atom is 0.262 e. The third-order valence-electron chi connectivity index (χ3n) is 3.20. The highest BCUT2D eigenvalue weighted by Gasteiger charge is 2.18. The number of carbonyl (C=O) groups is 1. The van der Waals surface area contributed by atoms with Crippen molar-refractivity contribution in [2.24, 2.45) is 0 Å². The summed E-state index contributed by atoms with van der Waals surface area (Å²) in [6.07, 6.45) is 0. The Labute approximate surface area is 128 Å². The quantitative estimate of drug-likeness (QED) is 0.908. The second-order valence-corrected chi connectivity index (χ2v) is 6.65. The Morgan fingerprint density at radius 2 is 1.86 bits per heavy atom. The van der Waals surface area contributed by atoms with Gasteiger partial charge in [-0.3, -0.25) is 9.52 Å². The number of fused-ring (bicyclic) bond motifs is 1. The minimum absolute atomic E-state index is 0.0402. The van der Waals surface area contributed by atoms with Crippen LogP contribution in [0, 0.1) is 6.92 Å². The molecule has 0 radical (unpaired) electrons. The van der Waals surface area contributed by atoms with Crippen LogP contribution in [0.2, 0.25) is 0 Å². The fourth-order valence-corrected chi connectivity index (χ4v) is 3.13. The average Bonchev–Trinajstić information content (AvgIpc) is 2.47. The first kappa shape index (κ1) is 14.4. The molecule has 3 rings (SSSR count). The highest BCUT2D eigenvalue weighted by atomic mass is 32.2. The van der Waals surface area contributed by atoms with E-state index in [4.69, 9.17) is 4.74 Å². The van der Waals surface area contributed by atoms with Crippen molar-refractivity contribution >= 4 is 27.3 Å². The second kappa shape index (κ2) is 5.34. The van der Waals surface area contributed by atoms with E-state index in [0.717, 1.165) is 5.56 Å². The molecule has 2 aromatic carbocycles. The molecule has 1 amide bonds. The van der Waals surface area contributed by atoms with Gasteiger partial charge in [-0.1, -0.05) is 17.7 Å². The van der Waals surface area contributed by atoms with E-state index in [0.29, 0.717) is 17.1 Å². The monoisotopic (exact) mass is 318 g/mol. The molecule has 0 aliphatic carbocycles. The van der Waals surface area contributed by atoms with E-state index < -0.39 is 10.0 Å². The summed E-state index contributed by atoms with van der Waals surface area (Å²) in [4.78, 5) is 11.5. The van der Waals surface area contributed by atoms with Crippen molar-refractivity contribution < 1.29 is 17.9 Å². The normalized spacial score (nSPS) is 13.8. The standard InChI is InChI=1S/C15H14N2O4S/c1-10-2-5-12(6-3-10)22(19,20)17-11-4-7-14-13(8-11)16-15(18)9-21-14/h2-8,17H,9H2,1H3,(H,16,18). The van der Waals surface area contributed by atoms with E-state index in [1.165, 1.54) is 6.07 Å². The molecule has 22 heavy (non-hydrogen) atoms. The van der Waals surface area contributed by atoms with Crippen LogP contribution in [0.1, 0.15) is 5.56 Å². The smallest absolute Gasteiger partial charge is 0.262 e. The third kappa shape index (κ3) is 2.89. The van der Waals surface area contributed by atoms with Gasteiger partial charge in [0.15, 0.2) is 6.61 Å². The van der Waals surface area contributed by atoms with E-state index in [9.17, 15) is 13.2 Å².